The largest absolute Gasteiger partial charge is 0.497 e. The second kappa shape index (κ2) is 6.43. The smallest absolute Gasteiger partial charge is 0.244 e. The molecule has 0 aliphatic rings. The van der Waals surface area contributed by atoms with Crippen LogP contribution < -0.4 is 20.1 Å². The number of anilines is 1. The van der Waals surface area contributed by atoms with E-state index in [2.05, 4.69) is 10.6 Å². The molecule has 1 aromatic rings. The third-order valence-electron chi connectivity index (χ3n) is 2.84. The molecule has 0 aromatic heterocycles. The van der Waals surface area contributed by atoms with Gasteiger partial charge in [0, 0.05) is 6.07 Å². The minimum Gasteiger partial charge on any atom is -0.497 e. The average Bonchev–Trinajstić information content (AvgIpc) is 2.38. The molecule has 0 radical (unpaired) electrons. The van der Waals surface area contributed by atoms with Gasteiger partial charge in [0.25, 0.3) is 0 Å². The number of carbonyl (C=O) groups excluding carboxylic acids is 1. The summed E-state index contributed by atoms with van der Waals surface area (Å²) < 4.78 is 10.4. The summed E-state index contributed by atoms with van der Waals surface area (Å²) in [6, 6.07) is 5.28. The first-order chi connectivity index (χ1) is 8.94. The van der Waals surface area contributed by atoms with E-state index in [4.69, 9.17) is 9.47 Å². The van der Waals surface area contributed by atoms with Crippen molar-refractivity contribution in [2.45, 2.75) is 26.3 Å². The van der Waals surface area contributed by atoms with Gasteiger partial charge in [0.1, 0.15) is 11.5 Å². The van der Waals surface area contributed by atoms with Crippen LogP contribution in [-0.4, -0.2) is 32.2 Å². The number of likely N-dealkylation sites (N-methyl/N-ethyl adjacent to an activating group) is 1. The lowest BCUT2D eigenvalue weighted by Gasteiger charge is -2.25. The Labute approximate surface area is 114 Å². The van der Waals surface area contributed by atoms with E-state index in [1.807, 2.05) is 20.8 Å². The zero-order chi connectivity index (χ0) is 14.5. The monoisotopic (exact) mass is 266 g/mol. The van der Waals surface area contributed by atoms with Crippen LogP contribution in [0.1, 0.15) is 20.8 Å². The molecule has 0 aliphatic heterocycles. The molecule has 0 heterocycles. The zero-order valence-corrected chi connectivity index (χ0v) is 12.2. The Balaban J connectivity index is 2.94. The molecule has 0 saturated heterocycles. The summed E-state index contributed by atoms with van der Waals surface area (Å²) in [6.07, 6.45) is 0. The lowest BCUT2D eigenvalue weighted by molar-refractivity contribution is -0.121. The molecular weight excluding hydrogens is 244 g/mol. The van der Waals surface area contributed by atoms with Crippen LogP contribution in [0.2, 0.25) is 0 Å². The fraction of sp³-hybridized carbons (Fsp3) is 0.500. The number of rotatable bonds is 6. The molecule has 0 saturated carbocycles. The maximum atomic E-state index is 12.2. The standard InChI is InChI=1S/C14H22N2O3/c1-6-15-14(2,3)13(17)16-11-9-10(18-4)7-8-12(11)19-5/h7-9,15H,6H2,1-5H3,(H,16,17). The van der Waals surface area contributed by atoms with Gasteiger partial charge in [-0.25, -0.2) is 0 Å². The summed E-state index contributed by atoms with van der Waals surface area (Å²) in [4.78, 5) is 12.2. The molecule has 0 unspecified atom stereocenters. The second-order valence-corrected chi connectivity index (χ2v) is 4.68. The third-order valence-corrected chi connectivity index (χ3v) is 2.84. The van der Waals surface area contributed by atoms with Crippen molar-refractivity contribution in [3.8, 4) is 11.5 Å². The van der Waals surface area contributed by atoms with Crippen molar-refractivity contribution < 1.29 is 14.3 Å². The van der Waals surface area contributed by atoms with Crippen LogP contribution in [0.15, 0.2) is 18.2 Å². The van der Waals surface area contributed by atoms with Crippen LogP contribution in [0.4, 0.5) is 5.69 Å². The van der Waals surface area contributed by atoms with Crippen LogP contribution in [0.25, 0.3) is 0 Å². The number of hydrogen-bond donors (Lipinski definition) is 2. The van der Waals surface area contributed by atoms with Crippen LogP contribution in [0.5, 0.6) is 11.5 Å². The van der Waals surface area contributed by atoms with Gasteiger partial charge in [0.2, 0.25) is 5.91 Å². The highest BCUT2D eigenvalue weighted by Gasteiger charge is 2.27. The number of carbonyl (C=O) groups is 1. The molecule has 2 N–H and O–H groups in total. The molecule has 0 atom stereocenters. The molecule has 0 aliphatic carbocycles. The summed E-state index contributed by atoms with van der Waals surface area (Å²) in [6.45, 7) is 6.34. The van der Waals surface area contributed by atoms with Crippen molar-refractivity contribution in [3.63, 3.8) is 0 Å². The van der Waals surface area contributed by atoms with Crippen molar-refractivity contribution in [2.75, 3.05) is 26.1 Å². The number of methoxy groups -OCH3 is 2. The van der Waals surface area contributed by atoms with E-state index in [1.165, 1.54) is 0 Å². The summed E-state index contributed by atoms with van der Waals surface area (Å²) in [5.74, 6) is 1.14. The van der Waals surface area contributed by atoms with Crippen molar-refractivity contribution in [1.82, 2.24) is 5.32 Å². The minimum atomic E-state index is -0.650. The van der Waals surface area contributed by atoms with Gasteiger partial charge in [0.05, 0.1) is 25.4 Å². The lowest BCUT2D eigenvalue weighted by atomic mass is 10.0. The molecule has 5 heteroatoms. The van der Waals surface area contributed by atoms with Gasteiger partial charge in [-0.2, -0.15) is 0 Å². The molecule has 106 valence electrons. The highest BCUT2D eigenvalue weighted by atomic mass is 16.5. The fourth-order valence-corrected chi connectivity index (χ4v) is 1.71. The lowest BCUT2D eigenvalue weighted by Crippen LogP contribution is -2.49. The fourth-order valence-electron chi connectivity index (χ4n) is 1.71. The van der Waals surface area contributed by atoms with Gasteiger partial charge in [0.15, 0.2) is 0 Å². The zero-order valence-electron chi connectivity index (χ0n) is 12.2. The van der Waals surface area contributed by atoms with E-state index in [0.29, 0.717) is 17.2 Å². The highest BCUT2D eigenvalue weighted by Crippen LogP contribution is 2.29. The van der Waals surface area contributed by atoms with Gasteiger partial charge < -0.3 is 20.1 Å². The Morgan fingerprint density at radius 2 is 1.95 bits per heavy atom. The summed E-state index contributed by atoms with van der Waals surface area (Å²) in [5.41, 5.74) is -0.0548. The van der Waals surface area contributed by atoms with Crippen LogP contribution in [0.3, 0.4) is 0 Å². The molecule has 5 nitrogen and oxygen atoms in total. The molecule has 19 heavy (non-hydrogen) atoms. The van der Waals surface area contributed by atoms with E-state index in [-0.39, 0.29) is 5.91 Å². The summed E-state index contributed by atoms with van der Waals surface area (Å²) >= 11 is 0. The summed E-state index contributed by atoms with van der Waals surface area (Å²) in [7, 11) is 3.14. The predicted molar refractivity (Wildman–Crippen MR) is 75.9 cm³/mol. The van der Waals surface area contributed by atoms with Crippen molar-refractivity contribution in [2.24, 2.45) is 0 Å². The molecule has 1 rings (SSSR count). The van der Waals surface area contributed by atoms with E-state index in [1.54, 1.807) is 32.4 Å². The summed E-state index contributed by atoms with van der Waals surface area (Å²) in [5, 5.41) is 5.98. The Hall–Kier alpha value is -1.75. The number of nitrogens with one attached hydrogen (secondary N) is 2. The van der Waals surface area contributed by atoms with E-state index < -0.39 is 5.54 Å². The van der Waals surface area contributed by atoms with Crippen LogP contribution in [-0.2, 0) is 4.79 Å². The minimum absolute atomic E-state index is 0.124. The highest BCUT2D eigenvalue weighted by molar-refractivity contribution is 5.98. The second-order valence-electron chi connectivity index (χ2n) is 4.68. The first-order valence-corrected chi connectivity index (χ1v) is 6.23. The first kappa shape index (κ1) is 15.3. The van der Waals surface area contributed by atoms with Crippen molar-refractivity contribution in [3.05, 3.63) is 18.2 Å². The number of hydrogen-bond acceptors (Lipinski definition) is 4. The van der Waals surface area contributed by atoms with Crippen molar-refractivity contribution in [1.29, 1.82) is 0 Å². The molecule has 0 bridgehead atoms. The van der Waals surface area contributed by atoms with Gasteiger partial charge in [-0.3, -0.25) is 4.79 Å². The molecule has 0 spiro atoms. The van der Waals surface area contributed by atoms with Gasteiger partial charge in [-0.1, -0.05) is 6.92 Å². The Morgan fingerprint density at radius 1 is 1.26 bits per heavy atom. The SMILES string of the molecule is CCNC(C)(C)C(=O)Nc1cc(OC)ccc1OC. The number of benzene rings is 1. The molecule has 1 aromatic carbocycles. The van der Waals surface area contributed by atoms with E-state index in [9.17, 15) is 4.79 Å². The quantitative estimate of drug-likeness (QED) is 0.827. The average molecular weight is 266 g/mol. The third kappa shape index (κ3) is 3.86. The van der Waals surface area contributed by atoms with E-state index >= 15 is 0 Å². The Morgan fingerprint density at radius 3 is 2.47 bits per heavy atom. The Bertz CT molecular complexity index is 444. The van der Waals surface area contributed by atoms with E-state index in [0.717, 1.165) is 6.54 Å². The Kier molecular flexibility index (Phi) is 5.18. The number of amides is 1. The molecular formula is C14H22N2O3. The number of ether oxygens (including phenoxy) is 2. The van der Waals surface area contributed by atoms with Gasteiger partial charge in [-0.05, 0) is 32.5 Å². The van der Waals surface area contributed by atoms with Crippen LogP contribution in [0, 0.1) is 0 Å². The predicted octanol–water partition coefficient (Wildman–Crippen LogP) is 2.03. The molecule has 1 amide bonds. The van der Waals surface area contributed by atoms with Gasteiger partial charge in [-0.15, -0.1) is 0 Å². The van der Waals surface area contributed by atoms with Crippen molar-refractivity contribution >= 4 is 11.6 Å². The maximum Gasteiger partial charge on any atom is 0.244 e. The van der Waals surface area contributed by atoms with Gasteiger partial charge >= 0.3 is 0 Å². The topological polar surface area (TPSA) is 59.6 Å². The van der Waals surface area contributed by atoms with Crippen LogP contribution >= 0.6 is 0 Å². The maximum absolute atomic E-state index is 12.2. The normalized spacial score (nSPS) is 11.0. The first-order valence-electron chi connectivity index (χ1n) is 6.23. The molecule has 0 fully saturated rings.